The van der Waals surface area contributed by atoms with Crippen LogP contribution in [0.25, 0.3) is 0 Å². The highest BCUT2D eigenvalue weighted by molar-refractivity contribution is 6.35. The fourth-order valence-electron chi connectivity index (χ4n) is 1.70. The fourth-order valence-corrected chi connectivity index (χ4v) is 2.19. The summed E-state index contributed by atoms with van der Waals surface area (Å²) in [6.07, 6.45) is 0. The van der Waals surface area contributed by atoms with Gasteiger partial charge < -0.3 is 15.8 Å². The lowest BCUT2D eigenvalue weighted by Crippen LogP contribution is -2.12. The van der Waals surface area contributed by atoms with Crippen molar-refractivity contribution in [2.24, 2.45) is 0 Å². The van der Waals surface area contributed by atoms with Crippen LogP contribution in [0.1, 0.15) is 10.4 Å². The predicted molar refractivity (Wildman–Crippen MR) is 81.8 cm³/mol. The van der Waals surface area contributed by atoms with Gasteiger partial charge in [0.2, 0.25) is 0 Å². The predicted octanol–water partition coefficient (Wildman–Crippen LogP) is 3.98. The van der Waals surface area contributed by atoms with Gasteiger partial charge in [-0.05, 0) is 24.3 Å². The van der Waals surface area contributed by atoms with E-state index in [1.54, 1.807) is 6.07 Å². The number of nitrogens with two attached hydrogens (primary N) is 1. The summed E-state index contributed by atoms with van der Waals surface area (Å²) < 4.78 is 18.4. The maximum absolute atomic E-state index is 13.3. The minimum Gasteiger partial charge on any atom is -0.497 e. The molecule has 0 radical (unpaired) electrons. The maximum Gasteiger partial charge on any atom is 0.255 e. The molecule has 0 bridgehead atoms. The first-order valence-electron chi connectivity index (χ1n) is 5.81. The van der Waals surface area contributed by atoms with Crippen LogP contribution in [0.2, 0.25) is 10.0 Å². The Morgan fingerprint density at radius 3 is 2.38 bits per heavy atom. The quantitative estimate of drug-likeness (QED) is 0.661. The molecular weight excluding hydrogens is 318 g/mol. The second kappa shape index (κ2) is 6.20. The normalized spacial score (nSPS) is 10.3. The maximum atomic E-state index is 13.3. The van der Waals surface area contributed by atoms with Crippen LogP contribution in [0, 0.1) is 5.82 Å². The number of hydrogen-bond acceptors (Lipinski definition) is 3. The summed E-state index contributed by atoms with van der Waals surface area (Å²) in [7, 11) is 1.47. The van der Waals surface area contributed by atoms with Gasteiger partial charge >= 0.3 is 0 Å². The number of carbonyl (C=O) groups is 1. The number of benzene rings is 2. The summed E-state index contributed by atoms with van der Waals surface area (Å²) in [6, 6.07) is 7.14. The van der Waals surface area contributed by atoms with Gasteiger partial charge in [-0.25, -0.2) is 4.39 Å². The summed E-state index contributed by atoms with van der Waals surface area (Å²) in [6.45, 7) is 0. The molecule has 2 aromatic rings. The molecule has 0 spiro atoms. The lowest BCUT2D eigenvalue weighted by molar-refractivity contribution is 0.102. The number of hydrogen-bond donors (Lipinski definition) is 2. The van der Waals surface area contributed by atoms with Crippen molar-refractivity contribution in [1.82, 2.24) is 0 Å². The second-order valence-electron chi connectivity index (χ2n) is 4.20. The third kappa shape index (κ3) is 3.56. The van der Waals surface area contributed by atoms with Gasteiger partial charge in [-0.15, -0.1) is 0 Å². The molecule has 2 rings (SSSR count). The molecular formula is C14H11Cl2FN2O2. The van der Waals surface area contributed by atoms with Crippen molar-refractivity contribution in [2.45, 2.75) is 0 Å². The van der Waals surface area contributed by atoms with E-state index in [9.17, 15) is 9.18 Å². The van der Waals surface area contributed by atoms with Gasteiger partial charge in [0.15, 0.2) is 5.82 Å². The Bertz CT molecular complexity index is 684. The van der Waals surface area contributed by atoms with Crippen LogP contribution in [0.3, 0.4) is 0 Å². The highest BCUT2D eigenvalue weighted by Crippen LogP contribution is 2.28. The number of halogens is 3. The molecule has 7 heteroatoms. The SMILES string of the molecule is COc1cc(N)cc(C(=O)Nc2cc(Cl)c(F)c(Cl)c2)c1. The minimum absolute atomic E-state index is 0.178. The van der Waals surface area contributed by atoms with Gasteiger partial charge in [-0.3, -0.25) is 4.79 Å². The molecule has 0 aliphatic carbocycles. The summed E-state index contributed by atoms with van der Waals surface area (Å²) in [5.74, 6) is -0.725. The largest absolute Gasteiger partial charge is 0.497 e. The third-order valence-corrected chi connectivity index (χ3v) is 3.22. The van der Waals surface area contributed by atoms with Crippen LogP contribution < -0.4 is 15.8 Å². The number of methoxy groups -OCH3 is 1. The Labute approximate surface area is 130 Å². The van der Waals surface area contributed by atoms with Crippen molar-refractivity contribution in [1.29, 1.82) is 0 Å². The third-order valence-electron chi connectivity index (χ3n) is 2.67. The highest BCUT2D eigenvalue weighted by Gasteiger charge is 2.12. The molecule has 0 saturated carbocycles. The molecule has 0 saturated heterocycles. The van der Waals surface area contributed by atoms with Crippen molar-refractivity contribution in [2.75, 3.05) is 18.2 Å². The average Bonchev–Trinajstić information content (AvgIpc) is 2.43. The van der Waals surface area contributed by atoms with Crippen molar-refractivity contribution < 1.29 is 13.9 Å². The topological polar surface area (TPSA) is 64.3 Å². The Morgan fingerprint density at radius 1 is 1.19 bits per heavy atom. The first-order valence-corrected chi connectivity index (χ1v) is 6.56. The average molecular weight is 329 g/mol. The van der Waals surface area contributed by atoms with Crippen molar-refractivity contribution in [3.8, 4) is 5.75 Å². The van der Waals surface area contributed by atoms with Crippen LogP contribution in [0.5, 0.6) is 5.75 Å². The van der Waals surface area contributed by atoms with Gasteiger partial charge in [0.1, 0.15) is 5.75 Å². The Hall–Kier alpha value is -1.98. The van der Waals surface area contributed by atoms with E-state index in [0.29, 0.717) is 17.0 Å². The van der Waals surface area contributed by atoms with E-state index in [1.807, 2.05) is 0 Å². The van der Waals surface area contributed by atoms with Gasteiger partial charge in [0.25, 0.3) is 5.91 Å². The van der Waals surface area contributed by atoms with E-state index in [2.05, 4.69) is 5.32 Å². The van der Waals surface area contributed by atoms with E-state index < -0.39 is 11.7 Å². The molecule has 1 amide bonds. The minimum atomic E-state index is -0.734. The van der Waals surface area contributed by atoms with E-state index in [-0.39, 0.29) is 15.7 Å². The zero-order chi connectivity index (χ0) is 15.6. The molecule has 0 aliphatic heterocycles. The highest BCUT2D eigenvalue weighted by atomic mass is 35.5. The molecule has 2 aromatic carbocycles. The lowest BCUT2D eigenvalue weighted by atomic mass is 10.1. The van der Waals surface area contributed by atoms with Gasteiger partial charge in [-0.1, -0.05) is 23.2 Å². The zero-order valence-electron chi connectivity index (χ0n) is 10.9. The van der Waals surface area contributed by atoms with Gasteiger partial charge in [0, 0.05) is 23.0 Å². The smallest absolute Gasteiger partial charge is 0.255 e. The zero-order valence-corrected chi connectivity index (χ0v) is 12.4. The van der Waals surface area contributed by atoms with Crippen LogP contribution in [0.15, 0.2) is 30.3 Å². The van der Waals surface area contributed by atoms with Crippen molar-refractivity contribution in [3.63, 3.8) is 0 Å². The monoisotopic (exact) mass is 328 g/mol. The summed E-state index contributed by atoms with van der Waals surface area (Å²) in [4.78, 5) is 12.1. The lowest BCUT2D eigenvalue weighted by Gasteiger charge is -2.09. The van der Waals surface area contributed by atoms with Crippen LogP contribution in [-0.2, 0) is 0 Å². The van der Waals surface area contributed by atoms with Crippen molar-refractivity contribution in [3.05, 3.63) is 51.8 Å². The summed E-state index contributed by atoms with van der Waals surface area (Å²) >= 11 is 11.3. The number of rotatable bonds is 3. The molecule has 0 heterocycles. The molecule has 3 N–H and O–H groups in total. The first-order chi connectivity index (χ1) is 9.90. The molecule has 0 unspecified atom stereocenters. The Kier molecular flexibility index (Phi) is 4.55. The standard InChI is InChI=1S/C14H11Cl2FN2O2/c1-21-10-3-7(2-8(18)4-10)14(20)19-9-5-11(15)13(17)12(16)6-9/h2-6H,18H2,1H3,(H,19,20). The van der Waals surface area contributed by atoms with Gasteiger partial charge in [0.05, 0.1) is 17.2 Å². The summed E-state index contributed by atoms with van der Waals surface area (Å²) in [5.41, 5.74) is 6.64. The van der Waals surface area contributed by atoms with Crippen LogP contribution >= 0.6 is 23.2 Å². The number of anilines is 2. The second-order valence-corrected chi connectivity index (χ2v) is 5.02. The van der Waals surface area contributed by atoms with E-state index >= 15 is 0 Å². The van der Waals surface area contributed by atoms with E-state index in [4.69, 9.17) is 33.7 Å². The molecule has 0 aromatic heterocycles. The summed E-state index contributed by atoms with van der Waals surface area (Å²) in [5, 5.41) is 2.20. The molecule has 110 valence electrons. The Balaban J connectivity index is 2.28. The fraction of sp³-hybridized carbons (Fsp3) is 0.0714. The van der Waals surface area contributed by atoms with Crippen LogP contribution in [-0.4, -0.2) is 13.0 Å². The molecule has 0 fully saturated rings. The molecule has 0 aliphatic rings. The molecule has 21 heavy (non-hydrogen) atoms. The van der Waals surface area contributed by atoms with Gasteiger partial charge in [-0.2, -0.15) is 0 Å². The first kappa shape index (κ1) is 15.4. The number of carbonyl (C=O) groups excluding carboxylic acids is 1. The molecule has 0 atom stereocenters. The number of amides is 1. The number of nitrogen functional groups attached to an aromatic ring is 1. The van der Waals surface area contributed by atoms with E-state index in [0.717, 1.165) is 0 Å². The van der Waals surface area contributed by atoms with Crippen molar-refractivity contribution >= 4 is 40.5 Å². The number of nitrogens with one attached hydrogen (secondary N) is 1. The molecule has 4 nitrogen and oxygen atoms in total. The number of ether oxygens (including phenoxy) is 1. The Morgan fingerprint density at radius 2 is 1.81 bits per heavy atom. The van der Waals surface area contributed by atoms with E-state index in [1.165, 1.54) is 31.4 Å². The van der Waals surface area contributed by atoms with Crippen LogP contribution in [0.4, 0.5) is 15.8 Å².